The van der Waals surface area contributed by atoms with Crippen molar-refractivity contribution in [3.05, 3.63) is 58.6 Å². The molecule has 0 N–H and O–H groups in total. The monoisotopic (exact) mass is 495 g/mol. The van der Waals surface area contributed by atoms with Crippen LogP contribution in [-0.2, 0) is 11.2 Å². The zero-order valence-corrected chi connectivity index (χ0v) is 20.0. The molecule has 156 valence electrons. The molecular formula is C22H27BrClN3OS. The molecule has 3 rings (SSSR count). The molecule has 1 aromatic heterocycles. The summed E-state index contributed by atoms with van der Waals surface area (Å²) in [5, 5.41) is 0.790. The van der Waals surface area contributed by atoms with Gasteiger partial charge in [0, 0.05) is 24.0 Å². The second kappa shape index (κ2) is 11.6. The molecule has 0 aliphatic carbocycles. The van der Waals surface area contributed by atoms with Gasteiger partial charge < -0.3 is 4.90 Å². The van der Waals surface area contributed by atoms with E-state index in [1.807, 2.05) is 35.2 Å². The number of amides is 1. The number of nitrogens with zero attached hydrogens (tertiary/aromatic N) is 3. The summed E-state index contributed by atoms with van der Waals surface area (Å²) in [4.78, 5) is 22.1. The van der Waals surface area contributed by atoms with Crippen LogP contribution in [0.3, 0.4) is 0 Å². The summed E-state index contributed by atoms with van der Waals surface area (Å²) in [6.45, 7) is 7.78. The number of hydrogen-bond donors (Lipinski definition) is 0. The van der Waals surface area contributed by atoms with E-state index in [-0.39, 0.29) is 18.3 Å². The number of halogens is 2. The minimum atomic E-state index is 0. The molecule has 4 nitrogen and oxygen atoms in total. The SMILES string of the molecule is CCN(CC)CCN(C(=O)CCc1ccccc1)c1nc2ccc(Br)cc2s1.Cl. The van der Waals surface area contributed by atoms with Gasteiger partial charge in [0.25, 0.3) is 0 Å². The Kier molecular flexibility index (Phi) is 9.56. The molecule has 1 heterocycles. The lowest BCUT2D eigenvalue weighted by Gasteiger charge is -2.24. The first-order valence-corrected chi connectivity index (χ1v) is 11.3. The molecule has 0 aliphatic rings. The Labute approximate surface area is 191 Å². The molecule has 0 radical (unpaired) electrons. The van der Waals surface area contributed by atoms with Crippen LogP contribution in [-0.4, -0.2) is 42.0 Å². The molecule has 0 atom stereocenters. The van der Waals surface area contributed by atoms with Crippen molar-refractivity contribution in [1.82, 2.24) is 9.88 Å². The Morgan fingerprint density at radius 1 is 1.07 bits per heavy atom. The lowest BCUT2D eigenvalue weighted by molar-refractivity contribution is -0.118. The Balaban J connectivity index is 0.00000300. The Hall–Kier alpha value is -1.47. The molecule has 0 spiro atoms. The highest BCUT2D eigenvalue weighted by Crippen LogP contribution is 2.31. The maximum atomic E-state index is 13.1. The second-order valence-corrected chi connectivity index (χ2v) is 8.59. The van der Waals surface area contributed by atoms with Crippen LogP contribution in [0, 0.1) is 0 Å². The standard InChI is InChI=1S/C22H26BrN3OS.ClH/c1-3-25(4-2)14-15-26(21(27)13-10-17-8-6-5-7-9-17)22-24-19-12-11-18(23)16-20(19)28-22;/h5-9,11-12,16H,3-4,10,13-15H2,1-2H3;1H. The van der Waals surface area contributed by atoms with Gasteiger partial charge in [0.05, 0.1) is 10.2 Å². The van der Waals surface area contributed by atoms with Crippen molar-refractivity contribution in [3.8, 4) is 0 Å². The summed E-state index contributed by atoms with van der Waals surface area (Å²) < 4.78 is 2.12. The van der Waals surface area contributed by atoms with Gasteiger partial charge in [0.2, 0.25) is 5.91 Å². The fourth-order valence-electron chi connectivity index (χ4n) is 3.14. The first-order chi connectivity index (χ1) is 13.6. The number of likely N-dealkylation sites (N-methyl/N-ethyl adjacent to an activating group) is 1. The summed E-state index contributed by atoms with van der Waals surface area (Å²) in [6.07, 6.45) is 1.24. The first kappa shape index (κ1) is 23.8. The van der Waals surface area contributed by atoms with Crippen molar-refractivity contribution in [2.75, 3.05) is 31.1 Å². The van der Waals surface area contributed by atoms with E-state index in [1.54, 1.807) is 11.3 Å². The molecule has 1 amide bonds. The molecule has 0 saturated carbocycles. The van der Waals surface area contributed by atoms with Gasteiger partial charge in [-0.1, -0.05) is 71.4 Å². The molecule has 0 bridgehead atoms. The highest BCUT2D eigenvalue weighted by Gasteiger charge is 2.20. The molecule has 0 saturated heterocycles. The van der Waals surface area contributed by atoms with E-state index in [4.69, 9.17) is 4.98 Å². The van der Waals surface area contributed by atoms with E-state index in [1.165, 1.54) is 5.56 Å². The predicted molar refractivity (Wildman–Crippen MR) is 129 cm³/mol. The third kappa shape index (κ3) is 6.51. The second-order valence-electron chi connectivity index (χ2n) is 6.67. The van der Waals surface area contributed by atoms with Crippen LogP contribution in [0.25, 0.3) is 10.2 Å². The van der Waals surface area contributed by atoms with Crippen LogP contribution in [0.4, 0.5) is 5.13 Å². The van der Waals surface area contributed by atoms with E-state index < -0.39 is 0 Å². The minimum Gasteiger partial charge on any atom is -0.302 e. The van der Waals surface area contributed by atoms with Crippen molar-refractivity contribution in [2.24, 2.45) is 0 Å². The molecule has 7 heteroatoms. The lowest BCUT2D eigenvalue weighted by atomic mass is 10.1. The van der Waals surface area contributed by atoms with Crippen molar-refractivity contribution in [3.63, 3.8) is 0 Å². The van der Waals surface area contributed by atoms with Crippen LogP contribution >= 0.6 is 39.7 Å². The predicted octanol–water partition coefficient (Wildman–Crippen LogP) is 5.79. The zero-order valence-electron chi connectivity index (χ0n) is 16.8. The number of aromatic nitrogens is 1. The van der Waals surface area contributed by atoms with Gasteiger partial charge in [0.1, 0.15) is 0 Å². The Morgan fingerprint density at radius 3 is 2.48 bits per heavy atom. The van der Waals surface area contributed by atoms with Gasteiger partial charge in [0.15, 0.2) is 5.13 Å². The van der Waals surface area contributed by atoms with E-state index in [9.17, 15) is 4.79 Å². The van der Waals surface area contributed by atoms with E-state index in [2.05, 4.69) is 52.9 Å². The maximum absolute atomic E-state index is 13.1. The van der Waals surface area contributed by atoms with Gasteiger partial charge in [-0.05, 0) is 43.3 Å². The summed E-state index contributed by atoms with van der Waals surface area (Å²) in [5.74, 6) is 0.133. The van der Waals surface area contributed by atoms with Crippen LogP contribution in [0.5, 0.6) is 0 Å². The molecule has 0 unspecified atom stereocenters. The Bertz CT molecular complexity index is 915. The smallest absolute Gasteiger partial charge is 0.229 e. The van der Waals surface area contributed by atoms with Crippen LogP contribution in [0.15, 0.2) is 53.0 Å². The van der Waals surface area contributed by atoms with Crippen molar-refractivity contribution in [1.29, 1.82) is 0 Å². The summed E-state index contributed by atoms with van der Waals surface area (Å²) in [5.41, 5.74) is 2.12. The Morgan fingerprint density at radius 2 is 1.79 bits per heavy atom. The molecule has 0 fully saturated rings. The minimum absolute atomic E-state index is 0. The lowest BCUT2D eigenvalue weighted by Crippen LogP contribution is -2.39. The van der Waals surface area contributed by atoms with Crippen molar-refractivity contribution < 1.29 is 4.79 Å². The maximum Gasteiger partial charge on any atom is 0.229 e. The van der Waals surface area contributed by atoms with Crippen LogP contribution < -0.4 is 4.90 Å². The number of rotatable bonds is 9. The molecule has 29 heavy (non-hydrogen) atoms. The van der Waals surface area contributed by atoms with Crippen LogP contribution in [0.2, 0.25) is 0 Å². The number of carbonyl (C=O) groups excluding carboxylic acids is 1. The van der Waals surface area contributed by atoms with Gasteiger partial charge in [-0.25, -0.2) is 4.98 Å². The highest BCUT2D eigenvalue weighted by atomic mass is 79.9. The number of carbonyl (C=O) groups is 1. The highest BCUT2D eigenvalue weighted by molar-refractivity contribution is 9.10. The average molecular weight is 497 g/mol. The van der Waals surface area contributed by atoms with Crippen LogP contribution in [0.1, 0.15) is 25.8 Å². The fraction of sp³-hybridized carbons (Fsp3) is 0.364. The molecule has 2 aromatic carbocycles. The van der Waals surface area contributed by atoms with Crippen molar-refractivity contribution in [2.45, 2.75) is 26.7 Å². The molecule has 3 aromatic rings. The number of benzene rings is 2. The number of thiazole rings is 1. The number of fused-ring (bicyclic) bond motifs is 1. The van der Waals surface area contributed by atoms with E-state index in [0.717, 1.165) is 45.9 Å². The first-order valence-electron chi connectivity index (χ1n) is 9.73. The normalized spacial score (nSPS) is 10.9. The number of hydrogen-bond acceptors (Lipinski definition) is 4. The van der Waals surface area contributed by atoms with Crippen molar-refractivity contribution >= 4 is 60.9 Å². The van der Waals surface area contributed by atoms with Gasteiger partial charge >= 0.3 is 0 Å². The van der Waals surface area contributed by atoms with Gasteiger partial charge in [-0.2, -0.15) is 0 Å². The van der Waals surface area contributed by atoms with Gasteiger partial charge in [-0.15, -0.1) is 12.4 Å². The van der Waals surface area contributed by atoms with E-state index in [0.29, 0.717) is 13.0 Å². The van der Waals surface area contributed by atoms with Gasteiger partial charge in [-0.3, -0.25) is 9.69 Å². The molecular weight excluding hydrogens is 470 g/mol. The topological polar surface area (TPSA) is 36.4 Å². The summed E-state index contributed by atoms with van der Waals surface area (Å²) in [7, 11) is 0. The quantitative estimate of drug-likeness (QED) is 0.376. The fourth-order valence-corrected chi connectivity index (χ4v) is 4.70. The summed E-state index contributed by atoms with van der Waals surface area (Å²) >= 11 is 5.10. The third-order valence-corrected chi connectivity index (χ3v) is 6.41. The largest absolute Gasteiger partial charge is 0.302 e. The number of aryl methyl sites for hydroxylation is 1. The third-order valence-electron chi connectivity index (χ3n) is 4.88. The average Bonchev–Trinajstić information content (AvgIpc) is 3.13. The van der Waals surface area contributed by atoms with E-state index >= 15 is 0 Å². The molecule has 0 aliphatic heterocycles. The summed E-state index contributed by atoms with van der Waals surface area (Å²) in [6, 6.07) is 16.2. The zero-order chi connectivity index (χ0) is 19.9. The number of anilines is 1.